The van der Waals surface area contributed by atoms with E-state index >= 15 is 0 Å². The summed E-state index contributed by atoms with van der Waals surface area (Å²) in [6.07, 6.45) is 2.39. The molecule has 2 atom stereocenters. The van der Waals surface area contributed by atoms with E-state index in [1.54, 1.807) is 0 Å². The monoisotopic (exact) mass is 248 g/mol. The molecule has 2 unspecified atom stereocenters. The zero-order valence-electron chi connectivity index (χ0n) is 11.4. The maximum atomic E-state index is 6.04. The van der Waals surface area contributed by atoms with Crippen LogP contribution >= 0.6 is 0 Å². The summed E-state index contributed by atoms with van der Waals surface area (Å²) in [6, 6.07) is 8.83. The van der Waals surface area contributed by atoms with Crippen molar-refractivity contribution in [3.63, 3.8) is 0 Å². The van der Waals surface area contributed by atoms with E-state index in [1.807, 2.05) is 0 Å². The van der Waals surface area contributed by atoms with Gasteiger partial charge in [0.05, 0.1) is 6.10 Å². The second-order valence-electron chi connectivity index (χ2n) is 5.09. The minimum atomic E-state index is 0.158. The minimum absolute atomic E-state index is 0.158. The highest BCUT2D eigenvalue weighted by molar-refractivity contribution is 5.48. The highest BCUT2D eigenvalue weighted by atomic mass is 16.5. The van der Waals surface area contributed by atoms with E-state index in [9.17, 15) is 0 Å². The molecule has 1 aliphatic heterocycles. The average Bonchev–Trinajstić information content (AvgIpc) is 2.63. The molecule has 1 aliphatic rings. The lowest BCUT2D eigenvalue weighted by atomic mass is 10.0. The van der Waals surface area contributed by atoms with Crippen LogP contribution in [0.2, 0.25) is 0 Å². The van der Waals surface area contributed by atoms with Crippen molar-refractivity contribution in [1.29, 1.82) is 0 Å². The van der Waals surface area contributed by atoms with Crippen LogP contribution in [0, 0.1) is 0 Å². The molecule has 1 fully saturated rings. The van der Waals surface area contributed by atoms with E-state index in [2.05, 4.69) is 43.0 Å². The highest BCUT2D eigenvalue weighted by Crippen LogP contribution is 2.21. The van der Waals surface area contributed by atoms with Gasteiger partial charge in [0.1, 0.15) is 0 Å². The lowest BCUT2D eigenvalue weighted by Crippen LogP contribution is -2.30. The molecule has 0 amide bonds. The summed E-state index contributed by atoms with van der Waals surface area (Å²) in [5.41, 5.74) is 8.54. The number of hydrogen-bond acceptors (Lipinski definition) is 3. The first-order valence-electron chi connectivity index (χ1n) is 6.92. The smallest absolute Gasteiger partial charge is 0.0721 e. The largest absolute Gasteiger partial charge is 0.377 e. The number of hydrogen-bond donors (Lipinski definition) is 1. The fraction of sp³-hybridized carbons (Fsp3) is 0.600. The Labute approximate surface area is 110 Å². The zero-order chi connectivity index (χ0) is 13.0. The second-order valence-corrected chi connectivity index (χ2v) is 5.09. The summed E-state index contributed by atoms with van der Waals surface area (Å²) in [6.45, 7) is 7.17. The zero-order valence-corrected chi connectivity index (χ0v) is 11.4. The molecule has 1 aromatic rings. The third kappa shape index (κ3) is 3.24. The fourth-order valence-corrected chi connectivity index (χ4v) is 2.40. The van der Waals surface area contributed by atoms with Crippen molar-refractivity contribution < 1.29 is 4.74 Å². The van der Waals surface area contributed by atoms with Gasteiger partial charge in [0.2, 0.25) is 0 Å². The van der Waals surface area contributed by atoms with Crippen LogP contribution in [0.15, 0.2) is 24.3 Å². The number of nitrogens with two attached hydrogens (primary N) is 1. The number of benzene rings is 1. The van der Waals surface area contributed by atoms with Crippen molar-refractivity contribution in [1.82, 2.24) is 0 Å². The van der Waals surface area contributed by atoms with Gasteiger partial charge in [0.15, 0.2) is 0 Å². The molecule has 3 nitrogen and oxygen atoms in total. The van der Waals surface area contributed by atoms with Gasteiger partial charge in [-0.2, -0.15) is 0 Å². The number of ether oxygens (including phenoxy) is 1. The Morgan fingerprint density at radius 1 is 1.39 bits per heavy atom. The number of nitrogens with zero attached hydrogens (tertiary/aromatic N) is 1. The normalized spacial score (nSPS) is 22.6. The van der Waals surface area contributed by atoms with E-state index in [-0.39, 0.29) is 6.04 Å². The number of rotatable bonds is 3. The molecule has 18 heavy (non-hydrogen) atoms. The molecule has 1 heterocycles. The van der Waals surface area contributed by atoms with E-state index in [4.69, 9.17) is 10.5 Å². The molecule has 2 N–H and O–H groups in total. The Hall–Kier alpha value is -1.06. The van der Waals surface area contributed by atoms with Crippen LogP contribution in [0.3, 0.4) is 0 Å². The highest BCUT2D eigenvalue weighted by Gasteiger charge is 2.15. The van der Waals surface area contributed by atoms with Crippen molar-refractivity contribution in [3.8, 4) is 0 Å². The van der Waals surface area contributed by atoms with Gasteiger partial charge in [-0.1, -0.05) is 19.1 Å². The predicted molar refractivity (Wildman–Crippen MR) is 75.9 cm³/mol. The first kappa shape index (κ1) is 13.4. The Bertz CT molecular complexity index is 363. The molecule has 0 bridgehead atoms. The molecule has 0 aliphatic carbocycles. The number of anilines is 1. The maximum Gasteiger partial charge on any atom is 0.0721 e. The van der Waals surface area contributed by atoms with Crippen LogP contribution in [0.25, 0.3) is 0 Å². The second kappa shape index (κ2) is 6.21. The lowest BCUT2D eigenvalue weighted by molar-refractivity contribution is 0.0821. The van der Waals surface area contributed by atoms with Gasteiger partial charge < -0.3 is 15.4 Å². The molecule has 1 aromatic carbocycles. The van der Waals surface area contributed by atoms with Gasteiger partial charge in [0, 0.05) is 31.4 Å². The Morgan fingerprint density at radius 3 is 2.78 bits per heavy atom. The summed E-state index contributed by atoms with van der Waals surface area (Å²) in [5, 5.41) is 0. The van der Waals surface area contributed by atoms with Gasteiger partial charge in [-0.3, -0.25) is 0 Å². The van der Waals surface area contributed by atoms with Crippen LogP contribution < -0.4 is 10.6 Å². The molecule has 2 rings (SSSR count). The van der Waals surface area contributed by atoms with Crippen molar-refractivity contribution in [2.75, 3.05) is 24.6 Å². The molecule has 0 radical (unpaired) electrons. The van der Waals surface area contributed by atoms with Crippen LogP contribution in [0.4, 0.5) is 5.69 Å². The summed E-state index contributed by atoms with van der Waals surface area (Å²) in [5.74, 6) is 0. The molecular formula is C15H24N2O. The average molecular weight is 248 g/mol. The molecule has 3 heteroatoms. The summed E-state index contributed by atoms with van der Waals surface area (Å²) in [4.78, 5) is 2.40. The predicted octanol–water partition coefficient (Wildman–Crippen LogP) is 2.71. The topological polar surface area (TPSA) is 38.5 Å². The van der Waals surface area contributed by atoms with Crippen LogP contribution in [-0.4, -0.2) is 25.8 Å². The molecular weight excluding hydrogens is 224 g/mol. The lowest BCUT2D eigenvalue weighted by Gasteiger charge is -2.24. The third-order valence-electron chi connectivity index (χ3n) is 3.58. The van der Waals surface area contributed by atoms with E-state index in [1.165, 1.54) is 11.3 Å². The van der Waals surface area contributed by atoms with Crippen molar-refractivity contribution in [2.45, 2.75) is 38.8 Å². The quantitative estimate of drug-likeness (QED) is 0.894. The van der Waals surface area contributed by atoms with Crippen LogP contribution in [-0.2, 0) is 4.74 Å². The van der Waals surface area contributed by atoms with Gasteiger partial charge in [-0.15, -0.1) is 0 Å². The van der Waals surface area contributed by atoms with E-state index < -0.39 is 0 Å². The Morgan fingerprint density at radius 2 is 2.11 bits per heavy atom. The van der Waals surface area contributed by atoms with Crippen molar-refractivity contribution >= 4 is 5.69 Å². The van der Waals surface area contributed by atoms with Crippen LogP contribution in [0.5, 0.6) is 0 Å². The standard InChI is InChI=1S/C15H24N2O/c1-3-15(16)13-5-7-14(8-6-13)17-9-4-10-18-12(2)11-17/h5-8,12,15H,3-4,9-11,16H2,1-2H3. The van der Waals surface area contributed by atoms with Crippen LogP contribution in [0.1, 0.15) is 38.3 Å². The molecule has 0 spiro atoms. The Balaban J connectivity index is 2.08. The van der Waals surface area contributed by atoms with Crippen molar-refractivity contribution in [2.24, 2.45) is 5.73 Å². The van der Waals surface area contributed by atoms with E-state index in [0.717, 1.165) is 32.5 Å². The minimum Gasteiger partial charge on any atom is -0.377 e. The van der Waals surface area contributed by atoms with Gasteiger partial charge in [0.25, 0.3) is 0 Å². The summed E-state index contributed by atoms with van der Waals surface area (Å²) in [7, 11) is 0. The molecule has 100 valence electrons. The van der Waals surface area contributed by atoms with Gasteiger partial charge >= 0.3 is 0 Å². The first-order chi connectivity index (χ1) is 8.70. The SMILES string of the molecule is CCC(N)c1ccc(N2CCCOC(C)C2)cc1. The summed E-state index contributed by atoms with van der Waals surface area (Å²) < 4.78 is 5.67. The third-order valence-corrected chi connectivity index (χ3v) is 3.58. The summed E-state index contributed by atoms with van der Waals surface area (Å²) >= 11 is 0. The molecule has 0 saturated carbocycles. The Kier molecular flexibility index (Phi) is 4.61. The maximum absolute atomic E-state index is 6.04. The van der Waals surface area contributed by atoms with Crippen molar-refractivity contribution in [3.05, 3.63) is 29.8 Å². The fourth-order valence-electron chi connectivity index (χ4n) is 2.40. The van der Waals surface area contributed by atoms with Gasteiger partial charge in [-0.05, 0) is 37.5 Å². The molecule has 1 saturated heterocycles. The van der Waals surface area contributed by atoms with E-state index in [0.29, 0.717) is 6.10 Å². The first-order valence-corrected chi connectivity index (χ1v) is 6.92. The molecule has 0 aromatic heterocycles. The van der Waals surface area contributed by atoms with Gasteiger partial charge in [-0.25, -0.2) is 0 Å².